The molecule has 0 saturated carbocycles. The van der Waals surface area contributed by atoms with Crippen molar-refractivity contribution in [3.8, 4) is 5.88 Å². The topological polar surface area (TPSA) is 91.0 Å². The molecule has 1 N–H and O–H groups in total. The van der Waals surface area contributed by atoms with Gasteiger partial charge in [0.15, 0.2) is 5.76 Å². The number of methoxy groups -OCH3 is 1. The lowest BCUT2D eigenvalue weighted by atomic mass is 9.93. The van der Waals surface area contributed by atoms with Crippen molar-refractivity contribution in [1.29, 1.82) is 0 Å². The van der Waals surface area contributed by atoms with E-state index in [1.807, 2.05) is 13.8 Å². The highest BCUT2D eigenvalue weighted by Gasteiger charge is 2.29. The van der Waals surface area contributed by atoms with Crippen molar-refractivity contribution in [2.45, 2.75) is 32.6 Å². The number of carbonyl (C=O) groups excluding carboxylic acids is 1. The molecule has 1 unspecified atom stereocenters. The number of hydrogen-bond acceptors (Lipinski definition) is 7. The molecule has 0 aliphatic rings. The predicted octanol–water partition coefficient (Wildman–Crippen LogP) is 1.76. The summed E-state index contributed by atoms with van der Waals surface area (Å²) in [5.41, 5.74) is 0. The van der Waals surface area contributed by atoms with Gasteiger partial charge in [-0.05, 0) is 23.9 Å². The monoisotopic (exact) mass is 315 g/mol. The van der Waals surface area contributed by atoms with Crippen LogP contribution in [0.4, 0.5) is 0 Å². The third-order valence-electron chi connectivity index (χ3n) is 3.10. The van der Waals surface area contributed by atoms with Crippen LogP contribution >= 0.6 is 0 Å². The number of nitrogens with zero attached hydrogens (tertiary/aromatic N) is 1. The van der Waals surface area contributed by atoms with Crippen molar-refractivity contribution < 1.29 is 28.6 Å². The quantitative estimate of drug-likeness (QED) is 0.491. The molecule has 7 nitrogen and oxygen atoms in total. The van der Waals surface area contributed by atoms with E-state index in [-0.39, 0.29) is 18.5 Å². The fourth-order valence-electron chi connectivity index (χ4n) is 1.98. The summed E-state index contributed by atoms with van der Waals surface area (Å²) >= 11 is 0. The smallest absolute Gasteiger partial charge is 0.316 e. The summed E-state index contributed by atoms with van der Waals surface area (Å²) in [5.74, 6) is 0.0151. The maximum atomic E-state index is 11.8. The van der Waals surface area contributed by atoms with Crippen LogP contribution in [0.1, 0.15) is 38.4 Å². The summed E-state index contributed by atoms with van der Waals surface area (Å²) in [7, 11) is 1.35. The number of aliphatic hydroxyl groups is 1. The zero-order valence-corrected chi connectivity index (χ0v) is 13.4. The Labute approximate surface area is 130 Å². The molecule has 0 radical (unpaired) electrons. The summed E-state index contributed by atoms with van der Waals surface area (Å²) in [6, 6.07) is 1.63. The molecule has 0 spiro atoms. The first-order valence-electron chi connectivity index (χ1n) is 7.46. The molecular weight excluding hydrogens is 290 g/mol. The number of hydrogen-bond donors (Lipinski definition) is 1. The molecule has 0 amide bonds. The molecule has 0 fully saturated rings. The molecule has 1 rings (SSSR count). The van der Waals surface area contributed by atoms with Crippen LogP contribution in [0.25, 0.3) is 0 Å². The molecule has 7 heteroatoms. The van der Waals surface area contributed by atoms with E-state index in [1.165, 1.54) is 7.11 Å². The van der Waals surface area contributed by atoms with Crippen LogP contribution < -0.4 is 4.74 Å². The van der Waals surface area contributed by atoms with E-state index >= 15 is 0 Å². The molecule has 1 heterocycles. The van der Waals surface area contributed by atoms with Crippen molar-refractivity contribution in [3.05, 3.63) is 11.8 Å². The third kappa shape index (κ3) is 6.03. The largest absolute Gasteiger partial charge is 0.476 e. The minimum atomic E-state index is -0.485. The minimum absolute atomic E-state index is 0.0371. The normalized spacial score (nSPS) is 12.4. The number of unbranched alkanes of at least 4 members (excludes halogenated alkanes) is 1. The van der Waals surface area contributed by atoms with Gasteiger partial charge in [-0.15, -0.1) is 0 Å². The fourth-order valence-corrected chi connectivity index (χ4v) is 1.98. The summed E-state index contributed by atoms with van der Waals surface area (Å²) in [6.07, 6.45) is 1.64. The van der Waals surface area contributed by atoms with Gasteiger partial charge >= 0.3 is 5.97 Å². The van der Waals surface area contributed by atoms with Crippen LogP contribution in [0.3, 0.4) is 0 Å². The lowest BCUT2D eigenvalue weighted by Gasteiger charge is -2.14. The highest BCUT2D eigenvalue weighted by Crippen LogP contribution is 2.28. The molecule has 0 aliphatic heterocycles. The first-order valence-corrected chi connectivity index (χ1v) is 7.46. The van der Waals surface area contributed by atoms with Gasteiger partial charge in [0, 0.05) is 12.7 Å². The Bertz CT molecular complexity index is 431. The van der Waals surface area contributed by atoms with Crippen molar-refractivity contribution in [2.75, 3.05) is 33.5 Å². The van der Waals surface area contributed by atoms with Gasteiger partial charge in [-0.3, -0.25) is 4.79 Å². The van der Waals surface area contributed by atoms with Gasteiger partial charge in [0.25, 0.3) is 5.88 Å². The van der Waals surface area contributed by atoms with Gasteiger partial charge in [-0.1, -0.05) is 13.8 Å². The number of esters is 1. The zero-order chi connectivity index (χ0) is 16.4. The molecule has 1 aromatic rings. The molecule has 1 atom stereocenters. The maximum absolute atomic E-state index is 11.8. The standard InChI is InChI=1S/C15H25NO6/c1-11(2)14(15(18)19-3)12-10-13(16-22-12)21-8-5-4-7-20-9-6-17/h10-11,14,17H,4-9H2,1-3H3. The van der Waals surface area contributed by atoms with E-state index in [9.17, 15) is 4.79 Å². The second-order valence-corrected chi connectivity index (χ2v) is 5.20. The number of aromatic nitrogens is 1. The highest BCUT2D eigenvalue weighted by molar-refractivity contribution is 5.77. The molecule has 0 aliphatic carbocycles. The second kappa shape index (κ2) is 10.2. The number of carbonyl (C=O) groups is 1. The predicted molar refractivity (Wildman–Crippen MR) is 78.7 cm³/mol. The van der Waals surface area contributed by atoms with Crippen molar-refractivity contribution in [2.24, 2.45) is 5.92 Å². The molecular formula is C15H25NO6. The lowest BCUT2D eigenvalue weighted by molar-refractivity contribution is -0.144. The number of ether oxygens (including phenoxy) is 3. The highest BCUT2D eigenvalue weighted by atomic mass is 16.5. The van der Waals surface area contributed by atoms with Gasteiger partial charge in [0.05, 0.1) is 26.9 Å². The van der Waals surface area contributed by atoms with E-state index in [0.29, 0.717) is 31.5 Å². The molecule has 22 heavy (non-hydrogen) atoms. The number of rotatable bonds is 11. The average molecular weight is 315 g/mol. The lowest BCUT2D eigenvalue weighted by Crippen LogP contribution is -2.19. The van der Waals surface area contributed by atoms with E-state index in [4.69, 9.17) is 23.8 Å². The zero-order valence-electron chi connectivity index (χ0n) is 13.4. The van der Waals surface area contributed by atoms with Gasteiger partial charge in [0.1, 0.15) is 5.92 Å². The number of aliphatic hydroxyl groups excluding tert-OH is 1. The first-order chi connectivity index (χ1) is 10.6. The molecule has 1 aromatic heterocycles. The van der Waals surface area contributed by atoms with E-state index in [0.717, 1.165) is 12.8 Å². The second-order valence-electron chi connectivity index (χ2n) is 5.20. The Hall–Kier alpha value is -1.60. The van der Waals surface area contributed by atoms with Crippen molar-refractivity contribution >= 4 is 5.97 Å². The third-order valence-corrected chi connectivity index (χ3v) is 3.10. The van der Waals surface area contributed by atoms with Gasteiger partial charge in [0.2, 0.25) is 0 Å². The van der Waals surface area contributed by atoms with Crippen LogP contribution in [-0.2, 0) is 14.3 Å². The van der Waals surface area contributed by atoms with Crippen LogP contribution in [0.5, 0.6) is 5.88 Å². The SMILES string of the molecule is COC(=O)C(c1cc(OCCCCOCCO)no1)C(C)C. The van der Waals surface area contributed by atoms with Crippen LogP contribution in [-0.4, -0.2) is 49.8 Å². The summed E-state index contributed by atoms with van der Waals surface area (Å²) in [4.78, 5) is 11.8. The Morgan fingerprint density at radius 1 is 1.32 bits per heavy atom. The van der Waals surface area contributed by atoms with E-state index < -0.39 is 5.92 Å². The molecule has 0 bridgehead atoms. The minimum Gasteiger partial charge on any atom is -0.476 e. The Kier molecular flexibility index (Phi) is 8.54. The van der Waals surface area contributed by atoms with Gasteiger partial charge in [-0.25, -0.2) is 0 Å². The first kappa shape index (κ1) is 18.4. The Morgan fingerprint density at radius 3 is 2.68 bits per heavy atom. The molecule has 126 valence electrons. The van der Waals surface area contributed by atoms with E-state index in [2.05, 4.69) is 5.16 Å². The average Bonchev–Trinajstić information content (AvgIpc) is 2.94. The molecule has 0 aromatic carbocycles. The van der Waals surface area contributed by atoms with Crippen LogP contribution in [0.15, 0.2) is 10.6 Å². The van der Waals surface area contributed by atoms with Crippen molar-refractivity contribution in [3.63, 3.8) is 0 Å². The van der Waals surface area contributed by atoms with Gasteiger partial charge < -0.3 is 23.8 Å². The fraction of sp³-hybridized carbons (Fsp3) is 0.733. The summed E-state index contributed by atoms with van der Waals surface area (Å²) in [5, 5.41) is 12.4. The Morgan fingerprint density at radius 2 is 2.05 bits per heavy atom. The van der Waals surface area contributed by atoms with Crippen LogP contribution in [0.2, 0.25) is 0 Å². The maximum Gasteiger partial charge on any atom is 0.316 e. The summed E-state index contributed by atoms with van der Waals surface area (Å²) < 4.78 is 20.6. The summed E-state index contributed by atoms with van der Waals surface area (Å²) in [6.45, 7) is 5.30. The molecule has 0 saturated heterocycles. The van der Waals surface area contributed by atoms with E-state index in [1.54, 1.807) is 6.07 Å². The van der Waals surface area contributed by atoms with Gasteiger partial charge in [-0.2, -0.15) is 0 Å². The van der Waals surface area contributed by atoms with Crippen molar-refractivity contribution in [1.82, 2.24) is 5.16 Å². The Balaban J connectivity index is 2.38. The van der Waals surface area contributed by atoms with Crippen LogP contribution in [0, 0.1) is 5.92 Å².